The second kappa shape index (κ2) is 9.37. The summed E-state index contributed by atoms with van der Waals surface area (Å²) in [4.78, 5) is 25.5. The Hall–Kier alpha value is -3.09. The third-order valence-corrected chi connectivity index (χ3v) is 5.93. The molecule has 2 aromatic rings. The van der Waals surface area contributed by atoms with Gasteiger partial charge in [0.05, 0.1) is 9.82 Å². The Labute approximate surface area is 184 Å². The number of carbonyl (C=O) groups excluding carboxylic acids is 1. The summed E-state index contributed by atoms with van der Waals surface area (Å²) in [6.07, 6.45) is 3.04. The molecule has 31 heavy (non-hydrogen) atoms. The lowest BCUT2D eigenvalue weighted by Crippen LogP contribution is -2.34. The second-order valence-electron chi connectivity index (χ2n) is 6.99. The molecule has 164 valence electrons. The van der Waals surface area contributed by atoms with E-state index < -0.39 is 20.9 Å². The molecule has 1 saturated heterocycles. The number of nitrogens with one attached hydrogen (secondary N) is 2. The smallest absolute Gasteiger partial charge is 0.293 e. The van der Waals surface area contributed by atoms with Gasteiger partial charge in [0.2, 0.25) is 10.0 Å². The van der Waals surface area contributed by atoms with Crippen LogP contribution in [-0.2, 0) is 10.0 Å². The molecular weight excluding hydrogens is 442 g/mol. The van der Waals surface area contributed by atoms with Crippen molar-refractivity contribution in [3.05, 3.63) is 58.1 Å². The highest BCUT2D eigenvalue weighted by Crippen LogP contribution is 2.31. The van der Waals surface area contributed by atoms with Gasteiger partial charge in [-0.3, -0.25) is 20.2 Å². The lowest BCUT2D eigenvalue weighted by molar-refractivity contribution is -0.384. The molecule has 4 N–H and O–H groups in total. The van der Waals surface area contributed by atoms with Gasteiger partial charge in [-0.05, 0) is 67.9 Å². The molecule has 0 unspecified atom stereocenters. The van der Waals surface area contributed by atoms with Crippen molar-refractivity contribution in [3.8, 4) is 0 Å². The average Bonchev–Trinajstić information content (AvgIpc) is 2.73. The highest BCUT2D eigenvalue weighted by atomic mass is 32.2. The second-order valence-corrected chi connectivity index (χ2v) is 8.96. The monoisotopic (exact) mass is 463 g/mol. The van der Waals surface area contributed by atoms with Crippen molar-refractivity contribution in [1.29, 1.82) is 0 Å². The number of thiocarbonyl (C=S) groups is 1. The molecule has 1 aliphatic heterocycles. The van der Waals surface area contributed by atoms with Crippen molar-refractivity contribution in [2.75, 3.05) is 23.3 Å². The molecule has 0 bridgehead atoms. The molecule has 1 amide bonds. The van der Waals surface area contributed by atoms with Crippen LogP contribution in [0.1, 0.15) is 29.6 Å². The Kier molecular flexibility index (Phi) is 6.83. The van der Waals surface area contributed by atoms with Crippen LogP contribution in [0.25, 0.3) is 0 Å². The molecule has 0 saturated carbocycles. The van der Waals surface area contributed by atoms with E-state index in [0.29, 0.717) is 11.4 Å². The Morgan fingerprint density at radius 3 is 2.32 bits per heavy atom. The summed E-state index contributed by atoms with van der Waals surface area (Å²) in [5.41, 5.74) is 0.897. The SMILES string of the molecule is NS(=O)(=O)c1ccc(NC(=S)NC(=O)c2ccc(N3CCCCC3)c([N+](=O)[O-])c2)cc1. The van der Waals surface area contributed by atoms with Gasteiger partial charge >= 0.3 is 0 Å². The van der Waals surface area contributed by atoms with Gasteiger partial charge < -0.3 is 10.2 Å². The maximum Gasteiger partial charge on any atom is 0.293 e. The molecular formula is C19H21N5O5S2. The predicted molar refractivity (Wildman–Crippen MR) is 121 cm³/mol. The summed E-state index contributed by atoms with van der Waals surface area (Å²) in [5, 5.41) is 21.8. The fraction of sp³-hybridized carbons (Fsp3) is 0.263. The third kappa shape index (κ3) is 5.75. The van der Waals surface area contributed by atoms with Crippen molar-refractivity contribution in [2.24, 2.45) is 5.14 Å². The number of nitro benzene ring substituents is 1. The van der Waals surface area contributed by atoms with E-state index in [0.717, 1.165) is 32.4 Å². The zero-order chi connectivity index (χ0) is 22.6. The van der Waals surface area contributed by atoms with E-state index in [4.69, 9.17) is 17.4 Å². The van der Waals surface area contributed by atoms with E-state index in [1.807, 2.05) is 4.90 Å². The number of anilines is 2. The van der Waals surface area contributed by atoms with Crippen molar-refractivity contribution >= 4 is 50.3 Å². The van der Waals surface area contributed by atoms with E-state index in [-0.39, 0.29) is 21.3 Å². The van der Waals surface area contributed by atoms with Crippen LogP contribution in [0.4, 0.5) is 17.1 Å². The first-order valence-corrected chi connectivity index (χ1v) is 11.4. The lowest BCUT2D eigenvalue weighted by Gasteiger charge is -2.28. The molecule has 2 aromatic carbocycles. The summed E-state index contributed by atoms with van der Waals surface area (Å²) in [6, 6.07) is 9.82. The topological polar surface area (TPSA) is 148 Å². The molecule has 0 atom stereocenters. The van der Waals surface area contributed by atoms with Crippen LogP contribution < -0.4 is 20.7 Å². The van der Waals surface area contributed by atoms with Crippen molar-refractivity contribution in [2.45, 2.75) is 24.2 Å². The van der Waals surface area contributed by atoms with Crippen LogP contribution in [0.5, 0.6) is 0 Å². The van der Waals surface area contributed by atoms with Gasteiger partial charge in [-0.2, -0.15) is 0 Å². The first kappa shape index (κ1) is 22.6. The van der Waals surface area contributed by atoms with Crippen molar-refractivity contribution in [1.82, 2.24) is 5.32 Å². The molecule has 0 aliphatic carbocycles. The third-order valence-electron chi connectivity index (χ3n) is 4.80. The minimum absolute atomic E-state index is 0.0453. The zero-order valence-electron chi connectivity index (χ0n) is 16.4. The number of hydrogen-bond donors (Lipinski definition) is 3. The predicted octanol–water partition coefficient (Wildman–Crippen LogP) is 2.36. The van der Waals surface area contributed by atoms with E-state index in [9.17, 15) is 23.3 Å². The molecule has 0 aromatic heterocycles. The van der Waals surface area contributed by atoms with E-state index in [1.165, 1.54) is 36.4 Å². The van der Waals surface area contributed by atoms with Crippen LogP contribution in [-0.4, -0.2) is 37.5 Å². The maximum atomic E-state index is 12.5. The number of piperidine rings is 1. The van der Waals surface area contributed by atoms with E-state index in [2.05, 4.69) is 10.6 Å². The minimum atomic E-state index is -3.81. The Balaban J connectivity index is 1.70. The summed E-state index contributed by atoms with van der Waals surface area (Å²) >= 11 is 5.10. The lowest BCUT2D eigenvalue weighted by atomic mass is 10.1. The van der Waals surface area contributed by atoms with Crippen molar-refractivity contribution in [3.63, 3.8) is 0 Å². The van der Waals surface area contributed by atoms with E-state index >= 15 is 0 Å². The van der Waals surface area contributed by atoms with Gasteiger partial charge in [-0.25, -0.2) is 13.6 Å². The fourth-order valence-electron chi connectivity index (χ4n) is 3.28. The number of carbonyl (C=O) groups is 1. The summed E-state index contributed by atoms with van der Waals surface area (Å²) in [7, 11) is -3.81. The van der Waals surface area contributed by atoms with Crippen molar-refractivity contribution < 1.29 is 18.1 Å². The zero-order valence-corrected chi connectivity index (χ0v) is 18.0. The number of nitrogens with two attached hydrogens (primary N) is 1. The molecule has 3 rings (SSSR count). The van der Waals surface area contributed by atoms with Gasteiger partial charge in [0.25, 0.3) is 11.6 Å². The minimum Gasteiger partial charge on any atom is -0.366 e. The normalized spacial score (nSPS) is 14.0. The number of hydrogen-bond acceptors (Lipinski definition) is 7. The van der Waals surface area contributed by atoms with Gasteiger partial charge in [0.15, 0.2) is 5.11 Å². The standard InChI is InChI=1S/C19H21N5O5S2/c20-31(28,29)15-7-5-14(6-8-15)21-19(30)22-18(25)13-4-9-16(17(12-13)24(26)27)23-10-2-1-3-11-23/h4-9,12H,1-3,10-11H2,(H2,20,28,29)(H2,21,22,25,30). The number of nitrogens with zero attached hydrogens (tertiary/aromatic N) is 2. The number of benzene rings is 2. The quantitative estimate of drug-likeness (QED) is 0.348. The first-order valence-electron chi connectivity index (χ1n) is 9.44. The molecule has 12 heteroatoms. The van der Waals surface area contributed by atoms with Crippen LogP contribution in [0.2, 0.25) is 0 Å². The number of nitro groups is 1. The summed E-state index contributed by atoms with van der Waals surface area (Å²) in [6.45, 7) is 1.48. The number of rotatable bonds is 5. The van der Waals surface area contributed by atoms with Crippen LogP contribution in [0.15, 0.2) is 47.4 Å². The molecule has 0 spiro atoms. The molecule has 1 fully saturated rings. The van der Waals surface area contributed by atoms with Gasteiger partial charge in [-0.1, -0.05) is 0 Å². The van der Waals surface area contributed by atoms with Crippen LogP contribution >= 0.6 is 12.2 Å². The number of sulfonamides is 1. The molecule has 1 heterocycles. The highest BCUT2D eigenvalue weighted by Gasteiger charge is 2.23. The van der Waals surface area contributed by atoms with E-state index in [1.54, 1.807) is 6.07 Å². The average molecular weight is 464 g/mol. The Bertz CT molecular complexity index is 1110. The molecule has 1 aliphatic rings. The van der Waals surface area contributed by atoms with Gasteiger partial charge in [-0.15, -0.1) is 0 Å². The van der Waals surface area contributed by atoms with Crippen LogP contribution in [0.3, 0.4) is 0 Å². The first-order chi connectivity index (χ1) is 14.6. The molecule has 0 radical (unpaired) electrons. The Morgan fingerprint density at radius 2 is 1.74 bits per heavy atom. The highest BCUT2D eigenvalue weighted by molar-refractivity contribution is 7.89. The van der Waals surface area contributed by atoms with Crippen LogP contribution in [0, 0.1) is 10.1 Å². The summed E-state index contributed by atoms with van der Waals surface area (Å²) < 4.78 is 22.6. The van der Waals surface area contributed by atoms with Gasteiger partial charge in [0, 0.05) is 30.4 Å². The number of primary sulfonamides is 1. The largest absolute Gasteiger partial charge is 0.366 e. The number of amides is 1. The maximum absolute atomic E-state index is 12.5. The summed E-state index contributed by atoms with van der Waals surface area (Å²) in [5.74, 6) is -0.605. The molecule has 10 nitrogen and oxygen atoms in total. The Morgan fingerprint density at radius 1 is 1.10 bits per heavy atom. The van der Waals surface area contributed by atoms with Gasteiger partial charge in [0.1, 0.15) is 5.69 Å². The fourth-order valence-corrected chi connectivity index (χ4v) is 4.00.